The zero-order valence-corrected chi connectivity index (χ0v) is 14.6. The second kappa shape index (κ2) is 7.38. The third-order valence-electron chi connectivity index (χ3n) is 3.40. The van der Waals surface area contributed by atoms with E-state index in [0.717, 1.165) is 18.4 Å². The van der Waals surface area contributed by atoms with Crippen molar-refractivity contribution < 1.29 is 8.42 Å². The van der Waals surface area contributed by atoms with Crippen molar-refractivity contribution in [1.29, 1.82) is 0 Å². The van der Waals surface area contributed by atoms with E-state index in [4.69, 9.17) is 0 Å². The van der Waals surface area contributed by atoms with E-state index in [1.54, 1.807) is 12.1 Å². The summed E-state index contributed by atoms with van der Waals surface area (Å²) in [6, 6.07) is 5.37. The van der Waals surface area contributed by atoms with Crippen LogP contribution in [-0.4, -0.2) is 22.0 Å². The molecule has 21 heavy (non-hydrogen) atoms. The molecule has 2 N–H and O–H groups in total. The summed E-state index contributed by atoms with van der Waals surface area (Å²) in [5.74, 6) is 0. The van der Waals surface area contributed by atoms with Crippen LogP contribution in [-0.2, 0) is 23.0 Å². The number of benzene rings is 1. The van der Waals surface area contributed by atoms with Gasteiger partial charge in [0.05, 0.1) is 4.90 Å². The largest absolute Gasteiger partial charge is 0.316 e. The van der Waals surface area contributed by atoms with Crippen molar-refractivity contribution in [3.63, 3.8) is 0 Å². The fraction of sp³-hybridized carbons (Fsp3) is 0.625. The van der Waals surface area contributed by atoms with Crippen LogP contribution in [0.3, 0.4) is 0 Å². The topological polar surface area (TPSA) is 58.2 Å². The number of rotatable bonds is 7. The van der Waals surface area contributed by atoms with Gasteiger partial charge >= 0.3 is 0 Å². The molecule has 0 unspecified atom stereocenters. The highest BCUT2D eigenvalue weighted by Gasteiger charge is 2.17. The first-order chi connectivity index (χ1) is 9.69. The Bertz CT molecular complexity index is 560. The maximum Gasteiger partial charge on any atom is 0.240 e. The molecule has 1 rings (SSSR count). The minimum absolute atomic E-state index is 0.117. The molecule has 0 aromatic heterocycles. The van der Waals surface area contributed by atoms with Gasteiger partial charge in [-0.1, -0.05) is 33.8 Å². The summed E-state index contributed by atoms with van der Waals surface area (Å²) >= 11 is 0. The zero-order valence-electron chi connectivity index (χ0n) is 13.8. The highest BCUT2D eigenvalue weighted by atomic mass is 32.2. The Labute approximate surface area is 129 Å². The molecule has 5 heteroatoms. The van der Waals surface area contributed by atoms with Gasteiger partial charge in [-0.15, -0.1) is 0 Å². The second-order valence-corrected chi connectivity index (χ2v) is 8.29. The smallest absolute Gasteiger partial charge is 0.240 e. The van der Waals surface area contributed by atoms with E-state index in [9.17, 15) is 8.42 Å². The quantitative estimate of drug-likeness (QED) is 0.814. The van der Waals surface area contributed by atoms with E-state index in [1.165, 1.54) is 5.56 Å². The molecule has 0 radical (unpaired) electrons. The Kier molecular flexibility index (Phi) is 6.38. The summed E-state index contributed by atoms with van der Waals surface area (Å²) < 4.78 is 27.4. The second-order valence-electron chi connectivity index (χ2n) is 6.52. The molecule has 0 bridgehead atoms. The van der Waals surface area contributed by atoms with Crippen LogP contribution in [0.5, 0.6) is 0 Å². The third-order valence-corrected chi connectivity index (χ3v) is 4.86. The Balaban J connectivity index is 2.90. The molecule has 0 atom stereocenters. The van der Waals surface area contributed by atoms with Crippen LogP contribution in [0.15, 0.2) is 23.1 Å². The standard InChI is InChI=1S/C16H28N2O2S/c1-6-13-7-8-15(11-14(13)12-17-5)21(19,20)18-10-9-16(2,3)4/h7-8,11,17-18H,6,9-10,12H2,1-5H3. The van der Waals surface area contributed by atoms with E-state index >= 15 is 0 Å². The van der Waals surface area contributed by atoms with Gasteiger partial charge in [0.15, 0.2) is 0 Å². The highest BCUT2D eigenvalue weighted by molar-refractivity contribution is 7.89. The number of hydrogen-bond acceptors (Lipinski definition) is 3. The van der Waals surface area contributed by atoms with Crippen molar-refractivity contribution in [3.05, 3.63) is 29.3 Å². The molecular weight excluding hydrogens is 284 g/mol. The lowest BCUT2D eigenvalue weighted by Gasteiger charge is -2.18. The van der Waals surface area contributed by atoms with E-state index in [2.05, 4.69) is 37.7 Å². The molecule has 4 nitrogen and oxygen atoms in total. The molecule has 0 heterocycles. The van der Waals surface area contributed by atoms with Crippen molar-refractivity contribution >= 4 is 10.0 Å². The van der Waals surface area contributed by atoms with Crippen LogP contribution in [0.25, 0.3) is 0 Å². The summed E-state index contributed by atoms with van der Waals surface area (Å²) in [5, 5.41) is 3.09. The Morgan fingerprint density at radius 3 is 2.33 bits per heavy atom. The van der Waals surface area contributed by atoms with E-state index in [-0.39, 0.29) is 5.41 Å². The Hall–Kier alpha value is -0.910. The summed E-state index contributed by atoms with van der Waals surface area (Å²) in [5.41, 5.74) is 2.34. The van der Waals surface area contributed by atoms with Crippen molar-refractivity contribution in [1.82, 2.24) is 10.0 Å². The molecule has 0 aliphatic carbocycles. The van der Waals surface area contributed by atoms with Gasteiger partial charge in [0.25, 0.3) is 0 Å². The first-order valence-electron chi connectivity index (χ1n) is 7.45. The van der Waals surface area contributed by atoms with Gasteiger partial charge < -0.3 is 5.32 Å². The van der Waals surface area contributed by atoms with Gasteiger partial charge in [0.2, 0.25) is 10.0 Å². The Morgan fingerprint density at radius 2 is 1.81 bits per heavy atom. The maximum atomic E-state index is 12.3. The lowest BCUT2D eigenvalue weighted by atomic mass is 9.93. The van der Waals surface area contributed by atoms with Crippen LogP contribution in [0.4, 0.5) is 0 Å². The summed E-state index contributed by atoms with van der Waals surface area (Å²) in [6.07, 6.45) is 1.71. The van der Waals surface area contributed by atoms with Crippen LogP contribution in [0.1, 0.15) is 45.2 Å². The molecule has 0 spiro atoms. The molecule has 0 aliphatic rings. The monoisotopic (exact) mass is 312 g/mol. The fourth-order valence-corrected chi connectivity index (χ4v) is 3.20. The van der Waals surface area contributed by atoms with Gasteiger partial charge in [-0.2, -0.15) is 0 Å². The minimum Gasteiger partial charge on any atom is -0.316 e. The number of aryl methyl sites for hydroxylation is 1. The van der Waals surface area contributed by atoms with Gasteiger partial charge in [0, 0.05) is 13.1 Å². The summed E-state index contributed by atoms with van der Waals surface area (Å²) in [7, 11) is -1.56. The van der Waals surface area contributed by atoms with Crippen molar-refractivity contribution in [3.8, 4) is 0 Å². The number of sulfonamides is 1. The van der Waals surface area contributed by atoms with Crippen molar-refractivity contribution in [2.24, 2.45) is 5.41 Å². The van der Waals surface area contributed by atoms with Gasteiger partial charge in [-0.3, -0.25) is 0 Å². The predicted octanol–water partition coefficient (Wildman–Crippen LogP) is 2.68. The normalized spacial score (nSPS) is 12.6. The SMILES string of the molecule is CCc1ccc(S(=O)(=O)NCCC(C)(C)C)cc1CNC. The van der Waals surface area contributed by atoms with Gasteiger partial charge in [0.1, 0.15) is 0 Å². The lowest BCUT2D eigenvalue weighted by molar-refractivity contribution is 0.378. The molecule has 120 valence electrons. The molecule has 1 aromatic carbocycles. The molecular formula is C16H28N2O2S. The van der Waals surface area contributed by atoms with Crippen LogP contribution in [0, 0.1) is 5.41 Å². The minimum atomic E-state index is -3.43. The fourth-order valence-electron chi connectivity index (χ4n) is 2.11. The lowest BCUT2D eigenvalue weighted by Crippen LogP contribution is -2.27. The molecule has 1 aromatic rings. The summed E-state index contributed by atoms with van der Waals surface area (Å²) in [6.45, 7) is 9.51. The van der Waals surface area contributed by atoms with E-state index in [1.807, 2.05) is 13.1 Å². The van der Waals surface area contributed by atoms with E-state index < -0.39 is 10.0 Å². The maximum absolute atomic E-state index is 12.3. The molecule has 0 fully saturated rings. The van der Waals surface area contributed by atoms with Crippen molar-refractivity contribution in [2.75, 3.05) is 13.6 Å². The molecule has 0 saturated heterocycles. The summed E-state index contributed by atoms with van der Waals surface area (Å²) in [4.78, 5) is 0.346. The first-order valence-corrected chi connectivity index (χ1v) is 8.94. The molecule has 0 saturated carbocycles. The number of nitrogens with one attached hydrogen (secondary N) is 2. The Morgan fingerprint density at radius 1 is 1.14 bits per heavy atom. The predicted molar refractivity (Wildman–Crippen MR) is 87.8 cm³/mol. The first kappa shape index (κ1) is 18.1. The zero-order chi connectivity index (χ0) is 16.1. The van der Waals surface area contributed by atoms with Crippen molar-refractivity contribution in [2.45, 2.75) is 52.0 Å². The average molecular weight is 312 g/mol. The van der Waals surface area contributed by atoms with Crippen LogP contribution < -0.4 is 10.0 Å². The third kappa shape index (κ3) is 5.77. The van der Waals surface area contributed by atoms with Crippen LogP contribution in [0.2, 0.25) is 0 Å². The average Bonchev–Trinajstić information content (AvgIpc) is 2.37. The van der Waals surface area contributed by atoms with E-state index in [0.29, 0.717) is 18.0 Å². The van der Waals surface area contributed by atoms with Crippen LogP contribution >= 0.6 is 0 Å². The van der Waals surface area contributed by atoms with Gasteiger partial charge in [-0.25, -0.2) is 13.1 Å². The molecule has 0 aliphatic heterocycles. The number of hydrogen-bond donors (Lipinski definition) is 2. The highest BCUT2D eigenvalue weighted by Crippen LogP contribution is 2.19. The molecule has 0 amide bonds. The van der Waals surface area contributed by atoms with Gasteiger partial charge in [-0.05, 0) is 48.6 Å².